The molecule has 81 heavy (non-hydrogen) atoms. The van der Waals surface area contributed by atoms with E-state index in [1.165, 1.54) is 11.1 Å². The van der Waals surface area contributed by atoms with E-state index in [1.807, 2.05) is 50.2 Å². The summed E-state index contributed by atoms with van der Waals surface area (Å²) in [5.41, 5.74) is 5.10. The van der Waals surface area contributed by atoms with Gasteiger partial charge in [0.1, 0.15) is 23.9 Å². The van der Waals surface area contributed by atoms with Crippen LogP contribution in [0.4, 0.5) is 0 Å². The molecule has 2 saturated heterocycles. The maximum Gasteiger partial charge on any atom is 0.251 e. The Bertz CT molecular complexity index is 2540. The summed E-state index contributed by atoms with van der Waals surface area (Å²) in [6.07, 6.45) is 15.6. The van der Waals surface area contributed by atoms with E-state index >= 15 is 0 Å². The summed E-state index contributed by atoms with van der Waals surface area (Å²) in [5, 5.41) is 18.9. The monoisotopic (exact) mass is 1110 g/mol. The zero-order valence-electron chi connectivity index (χ0n) is 47.6. The number of Topliss-reactive ketones (excluding diaryl/α,β-unsaturated/α-hetero) is 1. The summed E-state index contributed by atoms with van der Waals surface area (Å²) >= 11 is 0. The van der Waals surface area contributed by atoms with Gasteiger partial charge in [0.25, 0.3) is 11.8 Å². The van der Waals surface area contributed by atoms with Gasteiger partial charge in [-0.05, 0) is 156 Å². The van der Waals surface area contributed by atoms with E-state index in [-0.39, 0.29) is 116 Å². The highest BCUT2D eigenvalue weighted by Crippen LogP contribution is 2.37. The highest BCUT2D eigenvalue weighted by Gasteiger charge is 2.47. The van der Waals surface area contributed by atoms with Gasteiger partial charge in [-0.1, -0.05) is 108 Å². The number of nitrogens with zero attached hydrogens (tertiary/aromatic N) is 2. The number of likely N-dealkylation sites (tertiary alicyclic amines) is 2. The highest BCUT2D eigenvalue weighted by molar-refractivity contribution is 5.99. The molecule has 6 N–H and O–H groups in total. The van der Waals surface area contributed by atoms with Crippen LogP contribution in [0.1, 0.15) is 199 Å². The van der Waals surface area contributed by atoms with E-state index in [1.54, 1.807) is 48.0 Å². The fourth-order valence-corrected chi connectivity index (χ4v) is 13.8. The number of carbonyl (C=O) groups is 8. The maximum atomic E-state index is 15.0. The molecule has 0 radical (unpaired) electrons. The van der Waals surface area contributed by atoms with E-state index < -0.39 is 54.0 Å². The van der Waals surface area contributed by atoms with Crippen molar-refractivity contribution in [1.82, 2.24) is 41.7 Å². The van der Waals surface area contributed by atoms with Gasteiger partial charge in [-0.2, -0.15) is 0 Å². The Morgan fingerprint density at radius 3 is 1.48 bits per heavy atom. The van der Waals surface area contributed by atoms with Gasteiger partial charge >= 0.3 is 0 Å². The van der Waals surface area contributed by atoms with E-state index in [0.29, 0.717) is 6.42 Å². The summed E-state index contributed by atoms with van der Waals surface area (Å²) in [4.78, 5) is 117. The summed E-state index contributed by atoms with van der Waals surface area (Å²) in [5.74, 6) is -3.13. The zero-order chi connectivity index (χ0) is 56.5. The second-order valence-corrected chi connectivity index (χ2v) is 24.1. The summed E-state index contributed by atoms with van der Waals surface area (Å²) < 4.78 is 0. The quantitative estimate of drug-likeness (QED) is 0.0685. The molecule has 9 rings (SSSR count). The van der Waals surface area contributed by atoms with Gasteiger partial charge in [0, 0.05) is 54.6 Å². The van der Waals surface area contributed by atoms with E-state index in [2.05, 4.69) is 44.0 Å². The van der Waals surface area contributed by atoms with Crippen LogP contribution in [0.25, 0.3) is 0 Å². The lowest BCUT2D eigenvalue weighted by Gasteiger charge is -2.35. The molecule has 6 aliphatic rings. The minimum absolute atomic E-state index is 0. The third-order valence-electron chi connectivity index (χ3n) is 18.8. The number of carbonyl (C=O) groups excluding carboxylic acids is 8. The molecule has 10 atom stereocenters. The molecule has 0 bridgehead atoms. The van der Waals surface area contributed by atoms with Gasteiger partial charge < -0.3 is 41.7 Å². The van der Waals surface area contributed by atoms with E-state index in [0.717, 1.165) is 114 Å². The fourth-order valence-electron chi connectivity index (χ4n) is 13.8. The summed E-state index contributed by atoms with van der Waals surface area (Å²) in [6.45, 7) is 5.77. The van der Waals surface area contributed by atoms with Crippen molar-refractivity contribution in [3.8, 4) is 0 Å². The van der Waals surface area contributed by atoms with Gasteiger partial charge in [0.05, 0.1) is 18.1 Å². The number of fused-ring (bicyclic) bond motifs is 2. The molecular formula is C65H90N8O8. The van der Waals surface area contributed by atoms with Crippen LogP contribution in [0.15, 0.2) is 72.8 Å². The number of rotatable bonds is 19. The number of likely N-dealkylation sites (N-methyl/N-ethyl adjacent to an activating group) is 1. The lowest BCUT2D eigenvalue weighted by atomic mass is 9.76. The highest BCUT2D eigenvalue weighted by atomic mass is 16.2. The van der Waals surface area contributed by atoms with Crippen LogP contribution in [0.3, 0.4) is 0 Å². The first-order chi connectivity index (χ1) is 38.7. The molecular weight excluding hydrogens is 1020 g/mol. The molecule has 2 saturated carbocycles. The van der Waals surface area contributed by atoms with Gasteiger partial charge in [0.2, 0.25) is 29.5 Å². The normalized spacial score (nSPS) is 24.4. The summed E-state index contributed by atoms with van der Waals surface area (Å²) in [7, 11) is 1.73. The van der Waals surface area contributed by atoms with Crippen molar-refractivity contribution in [1.29, 1.82) is 0 Å². The number of ketones is 1. The smallest absolute Gasteiger partial charge is 0.251 e. The number of amides is 7. The van der Waals surface area contributed by atoms with Crippen LogP contribution in [0.2, 0.25) is 0 Å². The molecule has 0 unspecified atom stereocenters. The number of aryl methyl sites for hydroxylation is 2. The van der Waals surface area contributed by atoms with Crippen molar-refractivity contribution in [3.05, 3.63) is 106 Å². The fraction of sp³-hybridized carbons (Fsp3) is 0.600. The molecule has 2 heterocycles. The minimum atomic E-state index is -0.890. The second-order valence-electron chi connectivity index (χ2n) is 24.1. The van der Waals surface area contributed by atoms with Gasteiger partial charge in [-0.15, -0.1) is 0 Å². The predicted molar refractivity (Wildman–Crippen MR) is 313 cm³/mol. The average molecular weight is 1110 g/mol. The van der Waals surface area contributed by atoms with E-state index in [9.17, 15) is 38.4 Å². The molecule has 2 aliphatic heterocycles. The van der Waals surface area contributed by atoms with Crippen molar-refractivity contribution in [2.75, 3.05) is 20.1 Å². The van der Waals surface area contributed by atoms with Crippen molar-refractivity contribution >= 4 is 47.1 Å². The minimum Gasteiger partial charge on any atom is -0.347 e. The lowest BCUT2D eigenvalue weighted by molar-refractivity contribution is -0.145. The van der Waals surface area contributed by atoms with Crippen molar-refractivity contribution in [3.63, 3.8) is 0 Å². The zero-order valence-corrected chi connectivity index (χ0v) is 47.6. The number of nitrogens with one attached hydrogen (secondary N) is 6. The SMILES string of the molecule is C.CC[C@@H](C)C(=O)N[C@H](C(=O)N1C[C@@H](NC(=O)c2ccc(C(=O)N[C@H]3C[C@@H](C(=O)N[C@@H]4CCCc5ccccc54)N(C(=O)[C@@H](CC(=O)[C@H](C)NC)C4CCCCC4)C3)cc2)C[C@H]1C(=O)N[C@@H]1CCCc2ccccc21)C1CCCCC1. The maximum absolute atomic E-state index is 15.0. The van der Waals surface area contributed by atoms with Gasteiger partial charge in [-0.25, -0.2) is 0 Å². The Balaban J connectivity index is 0.00000860. The first kappa shape index (κ1) is 60.7. The number of benzene rings is 3. The Morgan fingerprint density at radius 1 is 0.556 bits per heavy atom. The Hall–Kier alpha value is -6.42. The molecule has 16 heteroatoms. The van der Waals surface area contributed by atoms with Crippen LogP contribution in [0.5, 0.6) is 0 Å². The molecule has 7 amide bonds. The molecule has 4 aliphatic carbocycles. The van der Waals surface area contributed by atoms with Crippen molar-refractivity contribution in [2.24, 2.45) is 23.7 Å². The van der Waals surface area contributed by atoms with Gasteiger partial charge in [-0.3, -0.25) is 38.4 Å². The number of hydrogen-bond donors (Lipinski definition) is 6. The Kier molecular flexibility index (Phi) is 21.0. The average Bonchev–Trinajstić information content (AvgIpc) is 4.12. The third kappa shape index (κ3) is 14.4. The van der Waals surface area contributed by atoms with Crippen LogP contribution in [-0.2, 0) is 41.6 Å². The first-order valence-corrected chi connectivity index (χ1v) is 30.3. The van der Waals surface area contributed by atoms with Crippen molar-refractivity contribution in [2.45, 2.75) is 205 Å². The van der Waals surface area contributed by atoms with Crippen LogP contribution in [-0.4, -0.2) is 113 Å². The van der Waals surface area contributed by atoms with Crippen molar-refractivity contribution < 1.29 is 38.4 Å². The molecule has 0 spiro atoms. The topological polar surface area (TPSA) is 215 Å². The molecule has 0 aromatic heterocycles. The third-order valence-corrected chi connectivity index (χ3v) is 18.8. The largest absolute Gasteiger partial charge is 0.347 e. The molecule has 438 valence electrons. The van der Waals surface area contributed by atoms with Crippen LogP contribution in [0, 0.1) is 23.7 Å². The molecule has 3 aromatic carbocycles. The van der Waals surface area contributed by atoms with Crippen LogP contribution >= 0.6 is 0 Å². The van der Waals surface area contributed by atoms with E-state index in [4.69, 9.17) is 0 Å². The Labute approximate surface area is 480 Å². The lowest BCUT2D eigenvalue weighted by Crippen LogP contribution is -2.57. The predicted octanol–water partition coefficient (Wildman–Crippen LogP) is 7.98. The summed E-state index contributed by atoms with van der Waals surface area (Å²) in [6, 6.07) is 17.9. The first-order valence-electron chi connectivity index (χ1n) is 30.3. The second kappa shape index (κ2) is 28.0. The molecule has 16 nitrogen and oxygen atoms in total. The Morgan fingerprint density at radius 2 is 1.01 bits per heavy atom. The standard InChI is InChI=1S/C64H86N8O8.CH4/c1-5-39(2)58(74)70-57(44-22-10-7-11-23-44)64(80)72-38-48(35-55(72)62(78)69-53-29-17-25-42-21-13-15-27-50(42)53)67-60(76)46-32-30-45(31-33-46)59(75)66-47-34-54(61(77)68-52-28-16-24-41-20-12-14-26-49(41)52)71(37-47)63(79)51(36-56(73)40(3)65-4)43-18-8-6-9-19-43;/h12-15,20-21,26-27,30-33,39-40,43-44,47-48,51-55,57,65H,5-11,16-19,22-25,28-29,34-38H2,1-4H3,(H,66,75)(H,67,76)(H,68,77)(H,69,78)(H,70,74);1H4/t39-,40+,47+,48+,51+,52-,53-,54+,55+,57+;/m1./s1. The van der Waals surface area contributed by atoms with Gasteiger partial charge in [0.15, 0.2) is 0 Å². The molecule has 4 fully saturated rings. The number of hydrogen-bond acceptors (Lipinski definition) is 9. The van der Waals surface area contributed by atoms with Crippen LogP contribution < -0.4 is 31.9 Å². The molecule has 3 aromatic rings.